The van der Waals surface area contributed by atoms with Crippen LogP contribution in [0.3, 0.4) is 0 Å². The van der Waals surface area contributed by atoms with E-state index in [2.05, 4.69) is 10.3 Å². The van der Waals surface area contributed by atoms with E-state index in [1.54, 1.807) is 43.3 Å². The molecule has 0 unspecified atom stereocenters. The second-order valence-electron chi connectivity index (χ2n) is 6.03. The largest absolute Gasteiger partial charge is 0.494 e. The van der Waals surface area contributed by atoms with Crippen molar-refractivity contribution in [1.29, 1.82) is 0 Å². The fourth-order valence-corrected chi connectivity index (χ4v) is 3.49. The van der Waals surface area contributed by atoms with Gasteiger partial charge in [0.05, 0.1) is 11.5 Å². The molecule has 0 aromatic heterocycles. The Morgan fingerprint density at radius 2 is 1.70 bits per heavy atom. The topological polar surface area (TPSA) is 93.7 Å². The SMILES string of the molecule is CCOc1ccc(O[C@@H](C)C(=O)NNS(=O)(=O)c2ccc(C)cc2C)cc1. The Balaban J connectivity index is 1.95. The van der Waals surface area contributed by atoms with Crippen LogP contribution in [-0.2, 0) is 14.8 Å². The van der Waals surface area contributed by atoms with Crippen LogP contribution in [-0.4, -0.2) is 27.0 Å². The zero-order valence-electron chi connectivity index (χ0n) is 15.8. The van der Waals surface area contributed by atoms with E-state index in [0.717, 1.165) is 5.56 Å². The van der Waals surface area contributed by atoms with Gasteiger partial charge in [0.25, 0.3) is 15.9 Å². The Hall–Kier alpha value is -2.58. The normalized spacial score (nSPS) is 12.3. The molecule has 0 bridgehead atoms. The van der Waals surface area contributed by atoms with Crippen molar-refractivity contribution in [2.75, 3.05) is 6.61 Å². The molecule has 0 heterocycles. The van der Waals surface area contributed by atoms with Gasteiger partial charge in [0.2, 0.25) is 0 Å². The summed E-state index contributed by atoms with van der Waals surface area (Å²) >= 11 is 0. The van der Waals surface area contributed by atoms with Gasteiger partial charge in [-0.2, -0.15) is 0 Å². The van der Waals surface area contributed by atoms with Gasteiger partial charge in [-0.1, -0.05) is 17.7 Å². The first-order chi connectivity index (χ1) is 12.7. The predicted molar refractivity (Wildman–Crippen MR) is 102 cm³/mol. The van der Waals surface area contributed by atoms with Crippen molar-refractivity contribution in [3.8, 4) is 11.5 Å². The highest BCUT2D eigenvalue weighted by atomic mass is 32.2. The molecule has 2 aromatic carbocycles. The number of aryl methyl sites for hydroxylation is 2. The summed E-state index contributed by atoms with van der Waals surface area (Å²) in [5.41, 5.74) is 3.73. The summed E-state index contributed by atoms with van der Waals surface area (Å²) in [5.74, 6) is 0.554. The van der Waals surface area contributed by atoms with Crippen LogP contribution in [0.25, 0.3) is 0 Å². The number of sulfonamides is 1. The van der Waals surface area contributed by atoms with Crippen LogP contribution in [0.1, 0.15) is 25.0 Å². The summed E-state index contributed by atoms with van der Waals surface area (Å²) in [7, 11) is -3.88. The molecule has 0 saturated heterocycles. The van der Waals surface area contributed by atoms with Gasteiger partial charge < -0.3 is 9.47 Å². The highest BCUT2D eigenvalue weighted by molar-refractivity contribution is 7.89. The van der Waals surface area contributed by atoms with Crippen molar-refractivity contribution >= 4 is 15.9 Å². The van der Waals surface area contributed by atoms with Crippen molar-refractivity contribution in [1.82, 2.24) is 10.3 Å². The van der Waals surface area contributed by atoms with E-state index in [-0.39, 0.29) is 4.90 Å². The molecule has 0 aliphatic carbocycles. The fourth-order valence-electron chi connectivity index (χ4n) is 2.41. The lowest BCUT2D eigenvalue weighted by Gasteiger charge is -2.16. The van der Waals surface area contributed by atoms with Gasteiger partial charge in [0, 0.05) is 0 Å². The molecule has 146 valence electrons. The van der Waals surface area contributed by atoms with Crippen LogP contribution in [0.2, 0.25) is 0 Å². The molecule has 0 saturated carbocycles. The van der Waals surface area contributed by atoms with E-state index >= 15 is 0 Å². The van der Waals surface area contributed by atoms with E-state index in [1.165, 1.54) is 13.0 Å². The minimum absolute atomic E-state index is 0.105. The quantitative estimate of drug-likeness (QED) is 0.673. The Bertz CT molecular complexity index is 895. The number of benzene rings is 2. The molecule has 2 N–H and O–H groups in total. The fraction of sp³-hybridized carbons (Fsp3) is 0.316. The van der Waals surface area contributed by atoms with Crippen LogP contribution in [0.5, 0.6) is 11.5 Å². The molecule has 8 heteroatoms. The van der Waals surface area contributed by atoms with E-state index in [1.807, 2.05) is 13.8 Å². The Labute approximate surface area is 159 Å². The highest BCUT2D eigenvalue weighted by Crippen LogP contribution is 2.19. The molecular formula is C19H24N2O5S. The standard InChI is InChI=1S/C19H24N2O5S/c1-5-25-16-7-9-17(10-8-16)26-15(4)19(22)20-21-27(23,24)18-11-6-13(2)12-14(18)3/h6-12,15,21H,5H2,1-4H3,(H,20,22)/t15-/m0/s1. The number of amides is 1. The molecule has 0 spiro atoms. The van der Waals surface area contributed by atoms with Crippen molar-refractivity contribution < 1.29 is 22.7 Å². The van der Waals surface area contributed by atoms with Crippen LogP contribution in [0.4, 0.5) is 0 Å². The second kappa shape index (κ2) is 8.88. The maximum Gasteiger partial charge on any atom is 0.275 e. The first-order valence-electron chi connectivity index (χ1n) is 8.51. The smallest absolute Gasteiger partial charge is 0.275 e. The molecule has 0 aliphatic heterocycles. The number of ether oxygens (including phenoxy) is 2. The first-order valence-corrected chi connectivity index (χ1v) is 9.99. The molecule has 0 radical (unpaired) electrons. The van der Waals surface area contributed by atoms with Crippen LogP contribution < -0.4 is 19.7 Å². The van der Waals surface area contributed by atoms with Crippen molar-refractivity contribution in [3.63, 3.8) is 0 Å². The maximum atomic E-state index is 12.4. The van der Waals surface area contributed by atoms with Crippen LogP contribution in [0.15, 0.2) is 47.4 Å². The maximum absolute atomic E-state index is 12.4. The Morgan fingerprint density at radius 1 is 1.07 bits per heavy atom. The van der Waals surface area contributed by atoms with E-state index < -0.39 is 22.0 Å². The molecule has 2 rings (SSSR count). The second-order valence-corrected chi connectivity index (χ2v) is 7.68. The minimum Gasteiger partial charge on any atom is -0.494 e. The number of hydrazine groups is 1. The molecule has 0 aliphatic rings. The Kier molecular flexibility index (Phi) is 6.81. The van der Waals surface area contributed by atoms with E-state index in [9.17, 15) is 13.2 Å². The summed E-state index contributed by atoms with van der Waals surface area (Å²) in [6, 6.07) is 11.8. The van der Waals surface area contributed by atoms with Crippen LogP contribution >= 0.6 is 0 Å². The summed E-state index contributed by atoms with van der Waals surface area (Å²) in [6.07, 6.45) is -0.898. The number of carbonyl (C=O) groups excluding carboxylic acids is 1. The van der Waals surface area contributed by atoms with Gasteiger partial charge in [-0.15, -0.1) is 4.83 Å². The van der Waals surface area contributed by atoms with Gasteiger partial charge in [-0.3, -0.25) is 10.2 Å². The summed E-state index contributed by atoms with van der Waals surface area (Å²) < 4.78 is 35.6. The number of carbonyl (C=O) groups is 1. The lowest BCUT2D eigenvalue weighted by atomic mass is 10.2. The predicted octanol–water partition coefficient (Wildman–Crippen LogP) is 2.48. The van der Waals surface area contributed by atoms with Gasteiger partial charge in [-0.25, -0.2) is 8.42 Å². The zero-order valence-corrected chi connectivity index (χ0v) is 16.6. The molecule has 0 fully saturated rings. The summed E-state index contributed by atoms with van der Waals surface area (Å²) in [5, 5.41) is 0. The van der Waals surface area contributed by atoms with Gasteiger partial charge >= 0.3 is 0 Å². The van der Waals surface area contributed by atoms with Crippen molar-refractivity contribution in [3.05, 3.63) is 53.6 Å². The van der Waals surface area contributed by atoms with E-state index in [0.29, 0.717) is 23.7 Å². The van der Waals surface area contributed by atoms with Crippen LogP contribution in [0, 0.1) is 13.8 Å². The number of rotatable bonds is 8. The summed E-state index contributed by atoms with van der Waals surface area (Å²) in [4.78, 5) is 14.4. The van der Waals surface area contributed by atoms with E-state index in [4.69, 9.17) is 9.47 Å². The molecule has 27 heavy (non-hydrogen) atoms. The lowest BCUT2D eigenvalue weighted by molar-refractivity contribution is -0.127. The molecule has 7 nitrogen and oxygen atoms in total. The monoisotopic (exact) mass is 392 g/mol. The average molecular weight is 392 g/mol. The molecule has 1 amide bonds. The van der Waals surface area contributed by atoms with Gasteiger partial charge in [-0.05, 0) is 63.6 Å². The first kappa shape index (κ1) is 20.7. The third-order valence-corrected chi connectivity index (χ3v) is 5.15. The molecule has 1 atom stereocenters. The van der Waals surface area contributed by atoms with Gasteiger partial charge in [0.1, 0.15) is 11.5 Å². The molecular weight excluding hydrogens is 368 g/mol. The number of hydrogen-bond donors (Lipinski definition) is 2. The lowest BCUT2D eigenvalue weighted by Crippen LogP contribution is -2.47. The van der Waals surface area contributed by atoms with Gasteiger partial charge in [0.15, 0.2) is 6.10 Å². The van der Waals surface area contributed by atoms with Crippen molar-refractivity contribution in [2.45, 2.75) is 38.7 Å². The molecule has 2 aromatic rings. The Morgan fingerprint density at radius 3 is 2.30 bits per heavy atom. The highest BCUT2D eigenvalue weighted by Gasteiger charge is 2.20. The number of hydrogen-bond acceptors (Lipinski definition) is 5. The summed E-state index contributed by atoms with van der Waals surface area (Å²) in [6.45, 7) is 7.53. The third-order valence-electron chi connectivity index (χ3n) is 3.75. The number of nitrogens with one attached hydrogen (secondary N) is 2. The minimum atomic E-state index is -3.88. The average Bonchev–Trinajstić information content (AvgIpc) is 2.61. The zero-order chi connectivity index (χ0) is 20.0. The third kappa shape index (κ3) is 5.70. The van der Waals surface area contributed by atoms with Crippen molar-refractivity contribution in [2.24, 2.45) is 0 Å².